The quantitative estimate of drug-likeness (QED) is 0.562. The van der Waals surface area contributed by atoms with E-state index in [1.165, 1.54) is 0 Å². The molecule has 0 bridgehead atoms. The van der Waals surface area contributed by atoms with Crippen molar-refractivity contribution in [3.8, 4) is 0 Å². The van der Waals surface area contributed by atoms with Crippen LogP contribution >= 0.6 is 23.2 Å². The molecular weight excluding hydrogens is 371 g/mol. The SMILES string of the molecule is Cc1cc2nc(C3=C(O)CN(c4cc(Cl)cc(Cl)c4)C3=N)[nH]c2cc1C. The monoisotopic (exact) mass is 386 g/mol. The molecule has 1 aliphatic heterocycles. The Morgan fingerprint density at radius 2 is 1.73 bits per heavy atom. The molecule has 0 atom stereocenters. The summed E-state index contributed by atoms with van der Waals surface area (Å²) in [4.78, 5) is 9.43. The van der Waals surface area contributed by atoms with E-state index in [1.54, 1.807) is 23.1 Å². The fraction of sp³-hybridized carbons (Fsp3) is 0.158. The molecule has 0 saturated carbocycles. The average Bonchev–Trinajstić information content (AvgIpc) is 3.07. The van der Waals surface area contributed by atoms with Gasteiger partial charge in [-0.2, -0.15) is 0 Å². The number of amidine groups is 1. The summed E-state index contributed by atoms with van der Waals surface area (Å²) in [7, 11) is 0. The van der Waals surface area contributed by atoms with Gasteiger partial charge >= 0.3 is 0 Å². The highest BCUT2D eigenvalue weighted by atomic mass is 35.5. The lowest BCUT2D eigenvalue weighted by Crippen LogP contribution is -2.26. The smallest absolute Gasteiger partial charge is 0.145 e. The van der Waals surface area contributed by atoms with Crippen LogP contribution in [-0.4, -0.2) is 27.5 Å². The number of H-pyrrole nitrogens is 1. The molecule has 3 N–H and O–H groups in total. The van der Waals surface area contributed by atoms with Gasteiger partial charge in [-0.15, -0.1) is 0 Å². The number of anilines is 1. The van der Waals surface area contributed by atoms with Crippen molar-refractivity contribution in [1.82, 2.24) is 9.97 Å². The second-order valence-electron chi connectivity index (χ2n) is 6.42. The van der Waals surface area contributed by atoms with Crippen molar-refractivity contribution in [3.05, 3.63) is 63.1 Å². The minimum atomic E-state index is 0.0820. The van der Waals surface area contributed by atoms with E-state index in [0.29, 0.717) is 27.1 Å². The fourth-order valence-electron chi connectivity index (χ4n) is 3.13. The molecule has 1 aromatic heterocycles. The Bertz CT molecular complexity index is 1040. The van der Waals surface area contributed by atoms with Crippen molar-refractivity contribution >= 4 is 51.3 Å². The summed E-state index contributed by atoms with van der Waals surface area (Å²) >= 11 is 12.1. The number of hydrogen-bond donors (Lipinski definition) is 3. The number of aromatic nitrogens is 2. The zero-order chi connectivity index (χ0) is 18.6. The summed E-state index contributed by atoms with van der Waals surface area (Å²) in [5.41, 5.74) is 5.01. The first kappa shape index (κ1) is 16.9. The third kappa shape index (κ3) is 2.73. The summed E-state index contributed by atoms with van der Waals surface area (Å²) in [6.45, 7) is 4.23. The third-order valence-corrected chi connectivity index (χ3v) is 5.03. The number of benzene rings is 2. The first-order valence-corrected chi connectivity index (χ1v) is 8.81. The first-order chi connectivity index (χ1) is 12.3. The average molecular weight is 387 g/mol. The molecule has 2 heterocycles. The van der Waals surface area contributed by atoms with Crippen molar-refractivity contribution in [3.63, 3.8) is 0 Å². The Labute approximate surface area is 160 Å². The van der Waals surface area contributed by atoms with Crippen LogP contribution in [0.3, 0.4) is 0 Å². The standard InChI is InChI=1S/C19H16Cl2N4O/c1-9-3-14-15(4-10(9)2)24-19(23-14)17-16(26)8-25(18(17)22)13-6-11(20)5-12(21)7-13/h3-7,22,26H,8H2,1-2H3,(H,23,24). The second kappa shape index (κ2) is 6.04. The van der Waals surface area contributed by atoms with Gasteiger partial charge in [0, 0.05) is 15.7 Å². The number of aryl methyl sites for hydroxylation is 2. The Balaban J connectivity index is 1.75. The Morgan fingerprint density at radius 3 is 2.42 bits per heavy atom. The van der Waals surface area contributed by atoms with Gasteiger partial charge in [-0.25, -0.2) is 4.98 Å². The highest BCUT2D eigenvalue weighted by molar-refractivity contribution is 6.36. The molecule has 1 aliphatic rings. The number of fused-ring (bicyclic) bond motifs is 1. The van der Waals surface area contributed by atoms with Gasteiger partial charge in [0.1, 0.15) is 17.4 Å². The molecule has 0 spiro atoms. The number of nitrogens with one attached hydrogen (secondary N) is 2. The van der Waals surface area contributed by atoms with E-state index in [0.717, 1.165) is 22.2 Å². The normalized spacial score (nSPS) is 14.8. The molecule has 26 heavy (non-hydrogen) atoms. The van der Waals surface area contributed by atoms with E-state index in [1.807, 2.05) is 26.0 Å². The summed E-state index contributed by atoms with van der Waals surface area (Å²) < 4.78 is 0. The number of aromatic amines is 1. The molecule has 132 valence electrons. The maximum atomic E-state index is 10.5. The zero-order valence-electron chi connectivity index (χ0n) is 14.2. The molecule has 0 fully saturated rings. The van der Waals surface area contributed by atoms with Crippen LogP contribution in [0.5, 0.6) is 0 Å². The molecule has 0 amide bonds. The molecule has 0 radical (unpaired) electrons. The van der Waals surface area contributed by atoms with Crippen LogP contribution in [0.1, 0.15) is 17.0 Å². The molecule has 0 saturated heterocycles. The Kier molecular flexibility index (Phi) is 3.93. The van der Waals surface area contributed by atoms with E-state index < -0.39 is 0 Å². The van der Waals surface area contributed by atoms with Crippen LogP contribution in [0.15, 0.2) is 36.1 Å². The lowest BCUT2D eigenvalue weighted by atomic mass is 10.1. The number of hydrogen-bond acceptors (Lipinski definition) is 3. The van der Waals surface area contributed by atoms with Crippen LogP contribution in [0.2, 0.25) is 10.0 Å². The molecule has 5 nitrogen and oxygen atoms in total. The van der Waals surface area contributed by atoms with Gasteiger partial charge in [-0.3, -0.25) is 5.41 Å². The zero-order valence-corrected chi connectivity index (χ0v) is 15.7. The van der Waals surface area contributed by atoms with E-state index in [-0.39, 0.29) is 18.1 Å². The van der Waals surface area contributed by atoms with E-state index in [4.69, 9.17) is 28.6 Å². The van der Waals surface area contributed by atoms with Crippen molar-refractivity contribution in [1.29, 1.82) is 5.41 Å². The Morgan fingerprint density at radius 1 is 1.08 bits per heavy atom. The van der Waals surface area contributed by atoms with Gasteiger partial charge in [0.25, 0.3) is 0 Å². The molecular formula is C19H16Cl2N4O. The molecule has 0 aliphatic carbocycles. The topological polar surface area (TPSA) is 76.0 Å². The van der Waals surface area contributed by atoms with Gasteiger partial charge in [-0.1, -0.05) is 23.2 Å². The van der Waals surface area contributed by atoms with Gasteiger partial charge in [0.05, 0.1) is 23.2 Å². The van der Waals surface area contributed by atoms with E-state index in [2.05, 4.69) is 9.97 Å². The van der Waals surface area contributed by atoms with Crippen LogP contribution in [0, 0.1) is 19.3 Å². The predicted octanol–water partition coefficient (Wildman–Crippen LogP) is 5.25. The number of nitrogens with zero attached hydrogens (tertiary/aromatic N) is 2. The number of halogens is 2. The lowest BCUT2D eigenvalue weighted by Gasteiger charge is -2.19. The van der Waals surface area contributed by atoms with Gasteiger partial charge in [0.2, 0.25) is 0 Å². The van der Waals surface area contributed by atoms with Crippen LogP contribution in [0.4, 0.5) is 5.69 Å². The largest absolute Gasteiger partial charge is 0.509 e. The summed E-state index contributed by atoms with van der Waals surface area (Å²) in [5, 5.41) is 20.0. The fourth-order valence-corrected chi connectivity index (χ4v) is 3.65. The number of rotatable bonds is 2. The third-order valence-electron chi connectivity index (χ3n) is 4.60. The predicted molar refractivity (Wildman–Crippen MR) is 107 cm³/mol. The van der Waals surface area contributed by atoms with Gasteiger partial charge < -0.3 is 15.0 Å². The van der Waals surface area contributed by atoms with Crippen LogP contribution in [-0.2, 0) is 0 Å². The molecule has 0 unspecified atom stereocenters. The minimum Gasteiger partial charge on any atom is -0.509 e. The lowest BCUT2D eigenvalue weighted by molar-refractivity contribution is 0.411. The molecule has 2 aromatic carbocycles. The molecule has 4 rings (SSSR count). The summed E-state index contributed by atoms with van der Waals surface area (Å²) in [6, 6.07) is 9.07. The van der Waals surface area contributed by atoms with E-state index >= 15 is 0 Å². The second-order valence-corrected chi connectivity index (χ2v) is 7.30. The van der Waals surface area contributed by atoms with Crippen LogP contribution < -0.4 is 4.90 Å². The molecule has 3 aromatic rings. The van der Waals surface area contributed by atoms with Crippen molar-refractivity contribution < 1.29 is 5.11 Å². The number of aliphatic hydroxyl groups is 1. The van der Waals surface area contributed by atoms with Crippen LogP contribution in [0.25, 0.3) is 16.6 Å². The summed E-state index contributed by atoms with van der Waals surface area (Å²) in [6.07, 6.45) is 0. The minimum absolute atomic E-state index is 0.0820. The maximum absolute atomic E-state index is 10.5. The van der Waals surface area contributed by atoms with Crippen molar-refractivity contribution in [2.45, 2.75) is 13.8 Å². The number of imidazole rings is 1. The highest BCUT2D eigenvalue weighted by Gasteiger charge is 2.31. The van der Waals surface area contributed by atoms with Crippen molar-refractivity contribution in [2.24, 2.45) is 0 Å². The maximum Gasteiger partial charge on any atom is 0.145 e. The van der Waals surface area contributed by atoms with Gasteiger partial charge in [0.15, 0.2) is 0 Å². The van der Waals surface area contributed by atoms with Crippen molar-refractivity contribution in [2.75, 3.05) is 11.4 Å². The highest BCUT2D eigenvalue weighted by Crippen LogP contribution is 2.33. The molecule has 7 heteroatoms. The van der Waals surface area contributed by atoms with E-state index in [9.17, 15) is 5.11 Å². The first-order valence-electron chi connectivity index (χ1n) is 8.05. The Hall–Kier alpha value is -2.50. The summed E-state index contributed by atoms with van der Waals surface area (Å²) in [5.74, 6) is 0.704. The number of aliphatic hydroxyl groups excluding tert-OH is 1. The van der Waals surface area contributed by atoms with Gasteiger partial charge in [-0.05, 0) is 55.3 Å².